The van der Waals surface area contributed by atoms with E-state index in [1.54, 1.807) is 0 Å². The van der Waals surface area contributed by atoms with Crippen LogP contribution in [0.5, 0.6) is 0 Å². The van der Waals surface area contributed by atoms with Crippen molar-refractivity contribution in [2.75, 3.05) is 18.6 Å². The maximum absolute atomic E-state index is 13.0. The van der Waals surface area contributed by atoms with Gasteiger partial charge in [-0.15, -0.1) is 0 Å². The largest absolute Gasteiger partial charge is 0.480 e. The highest BCUT2D eigenvalue weighted by atomic mass is 32.2. The lowest BCUT2D eigenvalue weighted by molar-refractivity contribution is -0.142. The molecule has 4 amide bonds. The van der Waals surface area contributed by atoms with Gasteiger partial charge in [0.2, 0.25) is 23.6 Å². The van der Waals surface area contributed by atoms with Crippen LogP contribution in [0.2, 0.25) is 0 Å². The number of hydrogen-bond acceptors (Lipinski definition) is 8. The standard InChI is InChI=1S/C22H42N6O6S/c1-13(2)12-14(24)19(30)26-16(7-8-18(25)29)21(32)27-15(6-4-5-10-23)20(31)28-17(22(33)34)9-11-35-3/h13-17H,4-12,23-24H2,1-3H3,(H2,25,29)(H,26,30)(H,27,32)(H,28,31)(H,33,34). The number of amides is 4. The first-order chi connectivity index (χ1) is 16.4. The fraction of sp³-hybridized carbons (Fsp3) is 0.773. The zero-order valence-electron chi connectivity index (χ0n) is 20.9. The first-order valence-electron chi connectivity index (χ1n) is 11.8. The lowest BCUT2D eigenvalue weighted by Gasteiger charge is -2.25. The highest BCUT2D eigenvalue weighted by molar-refractivity contribution is 7.98. The Morgan fingerprint density at radius 2 is 1.40 bits per heavy atom. The van der Waals surface area contributed by atoms with Crippen LogP contribution in [0, 0.1) is 5.92 Å². The Hall–Kier alpha value is -2.38. The third-order valence-corrected chi connectivity index (χ3v) is 5.82. The molecule has 0 aliphatic carbocycles. The van der Waals surface area contributed by atoms with Gasteiger partial charge in [0, 0.05) is 6.42 Å². The van der Waals surface area contributed by atoms with Crippen molar-refractivity contribution in [3.63, 3.8) is 0 Å². The number of carbonyl (C=O) groups excluding carboxylic acids is 4. The monoisotopic (exact) mass is 518 g/mol. The smallest absolute Gasteiger partial charge is 0.326 e. The molecule has 0 aromatic rings. The molecular formula is C22H42N6O6S. The molecule has 0 bridgehead atoms. The quantitative estimate of drug-likeness (QED) is 0.105. The number of aliphatic carboxylic acids is 1. The average molecular weight is 519 g/mol. The first kappa shape index (κ1) is 32.6. The number of primary amides is 1. The molecule has 0 aromatic heterocycles. The van der Waals surface area contributed by atoms with Gasteiger partial charge in [-0.1, -0.05) is 13.8 Å². The topological polar surface area (TPSA) is 220 Å². The van der Waals surface area contributed by atoms with Crippen molar-refractivity contribution in [3.05, 3.63) is 0 Å². The van der Waals surface area contributed by atoms with E-state index in [4.69, 9.17) is 17.2 Å². The number of thioether (sulfide) groups is 1. The van der Waals surface area contributed by atoms with Crippen molar-refractivity contribution in [3.8, 4) is 0 Å². The molecule has 0 heterocycles. The van der Waals surface area contributed by atoms with Gasteiger partial charge in [-0.25, -0.2) is 4.79 Å². The number of unbranched alkanes of at least 4 members (excludes halogenated alkanes) is 1. The third-order valence-electron chi connectivity index (χ3n) is 5.18. The van der Waals surface area contributed by atoms with E-state index in [1.165, 1.54) is 11.8 Å². The Bertz CT molecular complexity index is 708. The second-order valence-electron chi connectivity index (χ2n) is 8.83. The number of carbonyl (C=O) groups is 5. The van der Waals surface area contributed by atoms with E-state index in [0.717, 1.165) is 0 Å². The number of nitrogens with one attached hydrogen (secondary N) is 3. The molecule has 4 unspecified atom stereocenters. The maximum atomic E-state index is 13.0. The van der Waals surface area contributed by atoms with Gasteiger partial charge >= 0.3 is 5.97 Å². The summed E-state index contributed by atoms with van der Waals surface area (Å²) in [4.78, 5) is 61.2. The SMILES string of the molecule is CSCCC(NC(=O)C(CCCCN)NC(=O)C(CCC(N)=O)NC(=O)C(N)CC(C)C)C(=O)O. The van der Waals surface area contributed by atoms with Crippen LogP contribution in [0.15, 0.2) is 0 Å². The fourth-order valence-electron chi connectivity index (χ4n) is 3.25. The number of carboxylic acid groups (broad SMARTS) is 1. The summed E-state index contributed by atoms with van der Waals surface area (Å²) in [6.45, 7) is 4.19. The minimum absolute atomic E-state index is 0.0794. The molecule has 0 aliphatic rings. The van der Waals surface area contributed by atoms with E-state index in [1.807, 2.05) is 20.1 Å². The molecule has 0 fully saturated rings. The fourth-order valence-corrected chi connectivity index (χ4v) is 3.72. The van der Waals surface area contributed by atoms with Gasteiger partial charge in [-0.05, 0) is 63.0 Å². The Kier molecular flexibility index (Phi) is 16.7. The van der Waals surface area contributed by atoms with Gasteiger partial charge < -0.3 is 38.3 Å². The molecule has 4 atom stereocenters. The van der Waals surface area contributed by atoms with Crippen LogP contribution in [0.4, 0.5) is 0 Å². The van der Waals surface area contributed by atoms with Gasteiger partial charge in [0.1, 0.15) is 18.1 Å². The molecule has 0 aliphatic heterocycles. The lowest BCUT2D eigenvalue weighted by atomic mass is 10.0. The zero-order valence-corrected chi connectivity index (χ0v) is 21.7. The summed E-state index contributed by atoms with van der Waals surface area (Å²) < 4.78 is 0. The van der Waals surface area contributed by atoms with Crippen LogP contribution in [-0.4, -0.2) is 77.4 Å². The summed E-state index contributed by atoms with van der Waals surface area (Å²) in [6.07, 6.45) is 3.51. The predicted octanol–water partition coefficient (Wildman–Crippen LogP) is -0.954. The van der Waals surface area contributed by atoms with Crippen LogP contribution in [0.3, 0.4) is 0 Å². The van der Waals surface area contributed by atoms with Gasteiger partial charge in [0.15, 0.2) is 0 Å². The third kappa shape index (κ3) is 14.6. The first-order valence-corrected chi connectivity index (χ1v) is 13.2. The summed E-state index contributed by atoms with van der Waals surface area (Å²) in [5, 5.41) is 17.0. The Morgan fingerprint density at radius 1 is 0.857 bits per heavy atom. The molecule has 35 heavy (non-hydrogen) atoms. The summed E-state index contributed by atoms with van der Waals surface area (Å²) in [7, 11) is 0. The highest BCUT2D eigenvalue weighted by Gasteiger charge is 2.30. The number of hydrogen-bond donors (Lipinski definition) is 7. The van der Waals surface area contributed by atoms with Gasteiger partial charge in [0.25, 0.3) is 0 Å². The predicted molar refractivity (Wildman–Crippen MR) is 135 cm³/mol. The Morgan fingerprint density at radius 3 is 1.89 bits per heavy atom. The molecule has 12 nitrogen and oxygen atoms in total. The van der Waals surface area contributed by atoms with Crippen molar-refractivity contribution in [2.45, 2.75) is 83.0 Å². The molecule has 10 N–H and O–H groups in total. The summed E-state index contributed by atoms with van der Waals surface area (Å²) in [6, 6.07) is -4.16. The molecule has 202 valence electrons. The molecular weight excluding hydrogens is 476 g/mol. The van der Waals surface area contributed by atoms with Crippen LogP contribution in [-0.2, 0) is 24.0 Å². The van der Waals surface area contributed by atoms with E-state index >= 15 is 0 Å². The number of carboxylic acids is 1. The van der Waals surface area contributed by atoms with E-state index < -0.39 is 53.8 Å². The van der Waals surface area contributed by atoms with Gasteiger partial charge in [-0.3, -0.25) is 19.2 Å². The second-order valence-corrected chi connectivity index (χ2v) is 9.81. The molecule has 0 saturated heterocycles. The van der Waals surface area contributed by atoms with Crippen molar-refractivity contribution in [2.24, 2.45) is 23.1 Å². The lowest BCUT2D eigenvalue weighted by Crippen LogP contribution is -2.57. The molecule has 0 saturated carbocycles. The maximum Gasteiger partial charge on any atom is 0.326 e. The Balaban J connectivity index is 5.53. The average Bonchev–Trinajstić information content (AvgIpc) is 2.77. The van der Waals surface area contributed by atoms with Crippen LogP contribution in [0.25, 0.3) is 0 Å². The molecule has 0 aromatic carbocycles. The van der Waals surface area contributed by atoms with Crippen LogP contribution in [0.1, 0.15) is 58.8 Å². The molecule has 0 spiro atoms. The molecule has 13 heteroatoms. The van der Waals surface area contributed by atoms with Crippen molar-refractivity contribution >= 4 is 41.4 Å². The van der Waals surface area contributed by atoms with Crippen molar-refractivity contribution < 1.29 is 29.1 Å². The minimum atomic E-state index is -1.18. The van der Waals surface area contributed by atoms with Crippen molar-refractivity contribution in [1.82, 2.24) is 16.0 Å². The van der Waals surface area contributed by atoms with Gasteiger partial charge in [-0.2, -0.15) is 11.8 Å². The van der Waals surface area contributed by atoms with E-state index in [-0.39, 0.29) is 31.6 Å². The normalized spacial score (nSPS) is 14.5. The summed E-state index contributed by atoms with van der Waals surface area (Å²) in [5.41, 5.74) is 16.6. The summed E-state index contributed by atoms with van der Waals surface area (Å²) >= 11 is 1.45. The van der Waals surface area contributed by atoms with Crippen LogP contribution >= 0.6 is 11.8 Å². The second kappa shape index (κ2) is 18.0. The van der Waals surface area contributed by atoms with E-state index in [2.05, 4.69) is 16.0 Å². The zero-order chi connectivity index (χ0) is 27.0. The number of rotatable bonds is 19. The number of nitrogens with two attached hydrogens (primary N) is 3. The van der Waals surface area contributed by atoms with E-state index in [0.29, 0.717) is 31.6 Å². The molecule has 0 rings (SSSR count). The highest BCUT2D eigenvalue weighted by Crippen LogP contribution is 2.08. The van der Waals surface area contributed by atoms with E-state index in [9.17, 15) is 29.1 Å². The minimum Gasteiger partial charge on any atom is -0.480 e. The Labute approximate surface area is 211 Å². The van der Waals surface area contributed by atoms with Gasteiger partial charge in [0.05, 0.1) is 6.04 Å². The summed E-state index contributed by atoms with van der Waals surface area (Å²) in [5.74, 6) is -3.06. The van der Waals surface area contributed by atoms with Crippen LogP contribution < -0.4 is 33.2 Å². The molecule has 0 radical (unpaired) electrons. The van der Waals surface area contributed by atoms with Crippen molar-refractivity contribution in [1.29, 1.82) is 0 Å².